The smallest absolute Gasteiger partial charge is 0.338 e. The number of ether oxygens (including phenoxy) is 1. The van der Waals surface area contributed by atoms with Crippen molar-refractivity contribution in [3.63, 3.8) is 0 Å². The largest absolute Gasteiger partial charge is 0.463 e. The molecule has 0 bridgehead atoms. The summed E-state index contributed by atoms with van der Waals surface area (Å²) in [5, 5.41) is 14.8. The van der Waals surface area contributed by atoms with E-state index in [1.165, 1.54) is 5.56 Å². The first-order valence-electron chi connectivity index (χ1n) is 8.05. The summed E-state index contributed by atoms with van der Waals surface area (Å²) in [6.07, 6.45) is 0. The van der Waals surface area contributed by atoms with E-state index in [9.17, 15) is 4.79 Å². The quantitative estimate of drug-likeness (QED) is 0.869. The summed E-state index contributed by atoms with van der Waals surface area (Å²) in [6.45, 7) is 8.23. The van der Waals surface area contributed by atoms with Crippen LogP contribution >= 0.6 is 0 Å². The molecule has 0 spiro atoms. The Balaban J connectivity index is 2.08. The molecule has 0 amide bonds. The first kappa shape index (κ1) is 16.2. The van der Waals surface area contributed by atoms with Crippen LogP contribution in [0.4, 0.5) is 5.95 Å². The van der Waals surface area contributed by atoms with Crippen molar-refractivity contribution in [1.82, 2.24) is 20.2 Å². The number of anilines is 1. The van der Waals surface area contributed by atoms with Crippen LogP contribution in [0.2, 0.25) is 0 Å². The predicted octanol–water partition coefficient (Wildman–Crippen LogP) is 2.65. The normalized spacial score (nSPS) is 16.8. The highest BCUT2D eigenvalue weighted by atomic mass is 16.5. The summed E-state index contributed by atoms with van der Waals surface area (Å²) in [5.74, 6) is 0.595. The molecule has 0 aliphatic carbocycles. The number of carbonyl (C=O) groups excluding carboxylic acids is 1. The number of hydrogen-bond donors (Lipinski definition) is 1. The van der Waals surface area contributed by atoms with Crippen LogP contribution in [0, 0.1) is 0 Å². The molecule has 1 aromatic heterocycles. The molecule has 1 atom stereocenters. The van der Waals surface area contributed by atoms with E-state index in [2.05, 4.69) is 46.8 Å². The number of rotatable bonds is 4. The van der Waals surface area contributed by atoms with E-state index in [-0.39, 0.29) is 5.97 Å². The van der Waals surface area contributed by atoms with Crippen LogP contribution < -0.4 is 5.32 Å². The molecule has 1 aliphatic rings. The second-order valence-corrected chi connectivity index (χ2v) is 6.06. The van der Waals surface area contributed by atoms with Crippen molar-refractivity contribution < 1.29 is 9.53 Å². The second kappa shape index (κ2) is 6.43. The van der Waals surface area contributed by atoms with Gasteiger partial charge in [-0.2, -0.15) is 4.68 Å². The SMILES string of the molecule is CCOC(=O)C1=C(C)Nc2nnnn2[C@@H]1c1ccc(C(C)C)cc1. The number of nitrogens with zero attached hydrogens (tertiary/aromatic N) is 4. The van der Waals surface area contributed by atoms with Crippen LogP contribution in [0.3, 0.4) is 0 Å². The van der Waals surface area contributed by atoms with E-state index in [0.717, 1.165) is 5.56 Å². The van der Waals surface area contributed by atoms with Gasteiger partial charge in [0.1, 0.15) is 6.04 Å². The van der Waals surface area contributed by atoms with Gasteiger partial charge in [-0.1, -0.05) is 43.2 Å². The zero-order chi connectivity index (χ0) is 17.3. The number of hydrogen-bond acceptors (Lipinski definition) is 6. The molecule has 3 rings (SSSR count). The van der Waals surface area contributed by atoms with Crippen molar-refractivity contribution >= 4 is 11.9 Å². The maximum atomic E-state index is 12.5. The van der Waals surface area contributed by atoms with E-state index in [0.29, 0.717) is 29.7 Å². The molecule has 0 unspecified atom stereocenters. The number of carbonyl (C=O) groups is 1. The van der Waals surface area contributed by atoms with E-state index < -0.39 is 6.04 Å². The lowest BCUT2D eigenvalue weighted by atomic mass is 9.93. The highest BCUT2D eigenvalue weighted by Gasteiger charge is 2.34. The van der Waals surface area contributed by atoms with Gasteiger partial charge in [-0.15, -0.1) is 0 Å². The van der Waals surface area contributed by atoms with Gasteiger partial charge >= 0.3 is 5.97 Å². The number of benzene rings is 1. The topological polar surface area (TPSA) is 81.9 Å². The molecule has 2 heterocycles. The zero-order valence-electron chi connectivity index (χ0n) is 14.3. The molecular weight excluding hydrogens is 306 g/mol. The molecule has 1 aromatic carbocycles. The summed E-state index contributed by atoms with van der Waals surface area (Å²) >= 11 is 0. The first-order valence-corrected chi connectivity index (χ1v) is 8.05. The summed E-state index contributed by atoms with van der Waals surface area (Å²) < 4.78 is 6.85. The molecule has 0 saturated heterocycles. The summed E-state index contributed by atoms with van der Waals surface area (Å²) in [7, 11) is 0. The minimum absolute atomic E-state index is 0.317. The van der Waals surface area contributed by atoms with Gasteiger partial charge in [0.2, 0.25) is 5.95 Å². The van der Waals surface area contributed by atoms with E-state index >= 15 is 0 Å². The third-order valence-corrected chi connectivity index (χ3v) is 4.13. The Kier molecular flexibility index (Phi) is 4.33. The van der Waals surface area contributed by atoms with Crippen LogP contribution in [-0.4, -0.2) is 32.8 Å². The van der Waals surface area contributed by atoms with Crippen molar-refractivity contribution in [3.8, 4) is 0 Å². The Bertz CT molecular complexity index is 777. The van der Waals surface area contributed by atoms with Crippen molar-refractivity contribution in [3.05, 3.63) is 46.7 Å². The average Bonchev–Trinajstić information content (AvgIpc) is 3.01. The Morgan fingerprint density at radius 1 is 1.33 bits per heavy atom. The Morgan fingerprint density at radius 2 is 2.04 bits per heavy atom. The van der Waals surface area contributed by atoms with Gasteiger partial charge in [0.25, 0.3) is 0 Å². The third-order valence-electron chi connectivity index (χ3n) is 4.13. The maximum Gasteiger partial charge on any atom is 0.338 e. The Hall–Kier alpha value is -2.70. The van der Waals surface area contributed by atoms with Crippen LogP contribution in [0.15, 0.2) is 35.5 Å². The molecule has 0 fully saturated rings. The summed E-state index contributed by atoms with van der Waals surface area (Å²) in [4.78, 5) is 12.5. The molecule has 2 aromatic rings. The van der Waals surface area contributed by atoms with Crippen molar-refractivity contribution in [2.45, 2.75) is 39.7 Å². The number of nitrogens with one attached hydrogen (secondary N) is 1. The van der Waals surface area contributed by atoms with Gasteiger partial charge < -0.3 is 10.1 Å². The van der Waals surface area contributed by atoms with Crippen LogP contribution in [0.1, 0.15) is 50.8 Å². The fourth-order valence-corrected chi connectivity index (χ4v) is 2.86. The molecule has 0 radical (unpaired) electrons. The predicted molar refractivity (Wildman–Crippen MR) is 89.4 cm³/mol. The first-order chi connectivity index (χ1) is 11.5. The van der Waals surface area contributed by atoms with E-state index in [1.54, 1.807) is 11.6 Å². The summed E-state index contributed by atoms with van der Waals surface area (Å²) in [5.41, 5.74) is 3.41. The third kappa shape index (κ3) is 2.77. The average molecular weight is 327 g/mol. The lowest BCUT2D eigenvalue weighted by Crippen LogP contribution is -2.29. The van der Waals surface area contributed by atoms with Gasteiger partial charge in [-0.25, -0.2) is 4.79 Å². The van der Waals surface area contributed by atoms with Crippen molar-refractivity contribution in [2.24, 2.45) is 0 Å². The van der Waals surface area contributed by atoms with Gasteiger partial charge in [0.15, 0.2) is 0 Å². The maximum absolute atomic E-state index is 12.5. The lowest BCUT2D eigenvalue weighted by Gasteiger charge is -2.27. The monoisotopic (exact) mass is 327 g/mol. The molecule has 24 heavy (non-hydrogen) atoms. The molecule has 126 valence electrons. The Morgan fingerprint density at radius 3 is 2.67 bits per heavy atom. The summed E-state index contributed by atoms with van der Waals surface area (Å²) in [6, 6.07) is 7.78. The fourth-order valence-electron chi connectivity index (χ4n) is 2.86. The number of fused-ring (bicyclic) bond motifs is 1. The second-order valence-electron chi connectivity index (χ2n) is 6.06. The van der Waals surface area contributed by atoms with E-state index in [4.69, 9.17) is 4.74 Å². The molecular formula is C17H21N5O2. The van der Waals surface area contributed by atoms with Crippen LogP contribution in [-0.2, 0) is 9.53 Å². The number of allylic oxidation sites excluding steroid dienone is 1. The lowest BCUT2D eigenvalue weighted by molar-refractivity contribution is -0.139. The number of aromatic nitrogens is 4. The van der Waals surface area contributed by atoms with Crippen molar-refractivity contribution in [2.75, 3.05) is 11.9 Å². The molecule has 1 aliphatic heterocycles. The van der Waals surface area contributed by atoms with Crippen LogP contribution in [0.5, 0.6) is 0 Å². The van der Waals surface area contributed by atoms with Gasteiger partial charge in [0.05, 0.1) is 12.2 Å². The molecule has 7 heteroatoms. The minimum atomic E-state index is -0.406. The number of esters is 1. The van der Waals surface area contributed by atoms with E-state index in [1.807, 2.05) is 19.1 Å². The molecule has 7 nitrogen and oxygen atoms in total. The standard InChI is InChI=1S/C17H21N5O2/c1-5-24-16(23)14-11(4)18-17-19-20-21-22(17)15(14)13-8-6-12(7-9-13)10(2)3/h6-10,15H,5H2,1-4H3,(H,18,19,21)/t15-/m1/s1. The zero-order valence-corrected chi connectivity index (χ0v) is 14.3. The van der Waals surface area contributed by atoms with Crippen molar-refractivity contribution in [1.29, 1.82) is 0 Å². The van der Waals surface area contributed by atoms with Gasteiger partial charge in [-0.05, 0) is 41.3 Å². The van der Waals surface area contributed by atoms with Crippen LogP contribution in [0.25, 0.3) is 0 Å². The fraction of sp³-hybridized carbons (Fsp3) is 0.412. The minimum Gasteiger partial charge on any atom is -0.463 e. The Labute approximate surface area is 140 Å². The molecule has 1 N–H and O–H groups in total. The highest BCUT2D eigenvalue weighted by Crippen LogP contribution is 2.35. The molecule has 0 saturated carbocycles. The highest BCUT2D eigenvalue weighted by molar-refractivity contribution is 5.92. The van der Waals surface area contributed by atoms with Gasteiger partial charge in [0, 0.05) is 5.70 Å². The number of tetrazole rings is 1. The van der Waals surface area contributed by atoms with Gasteiger partial charge in [-0.3, -0.25) is 0 Å².